The highest BCUT2D eigenvalue weighted by Crippen LogP contribution is 2.11. The van der Waals surface area contributed by atoms with Gasteiger partial charge in [0.1, 0.15) is 0 Å². The molecule has 1 unspecified atom stereocenters. The summed E-state index contributed by atoms with van der Waals surface area (Å²) in [6, 6.07) is 6.42. The van der Waals surface area contributed by atoms with Crippen molar-refractivity contribution in [2.45, 2.75) is 13.5 Å². The lowest BCUT2D eigenvalue weighted by molar-refractivity contribution is 0.305. The van der Waals surface area contributed by atoms with Gasteiger partial charge in [-0.2, -0.15) is 5.26 Å². The summed E-state index contributed by atoms with van der Waals surface area (Å²) in [5.74, 6) is 0.116. The second-order valence-electron chi connectivity index (χ2n) is 3.31. The molecule has 0 aliphatic heterocycles. The van der Waals surface area contributed by atoms with Crippen LogP contribution in [0.5, 0.6) is 0 Å². The summed E-state index contributed by atoms with van der Waals surface area (Å²) in [7, 11) is 2.05. The predicted octanol–water partition coefficient (Wildman–Crippen LogP) is 2.34. The number of rotatable bonds is 4. The van der Waals surface area contributed by atoms with Crippen LogP contribution >= 0.6 is 11.3 Å². The molecule has 1 aromatic rings. The van der Waals surface area contributed by atoms with Crippen LogP contribution in [0.3, 0.4) is 0 Å². The molecule has 1 aromatic heterocycles. The molecule has 0 N–H and O–H groups in total. The van der Waals surface area contributed by atoms with E-state index in [1.54, 1.807) is 11.3 Å². The Labute approximate surface area is 83.4 Å². The van der Waals surface area contributed by atoms with Crippen LogP contribution in [0, 0.1) is 17.2 Å². The SMILES string of the molecule is CC(C#N)CN(C)Cc1cccs1. The molecule has 0 aliphatic carbocycles. The maximum Gasteiger partial charge on any atom is 0.0666 e. The Kier molecular flexibility index (Phi) is 3.94. The zero-order chi connectivity index (χ0) is 9.68. The standard InChI is InChI=1S/C10H14N2S/c1-9(6-11)7-12(2)8-10-4-3-5-13-10/h3-5,9H,7-8H2,1-2H3. The Hall–Kier alpha value is -0.850. The van der Waals surface area contributed by atoms with Gasteiger partial charge in [0.05, 0.1) is 12.0 Å². The normalized spacial score (nSPS) is 12.8. The first-order valence-electron chi connectivity index (χ1n) is 4.33. The van der Waals surface area contributed by atoms with Crippen LogP contribution in [-0.4, -0.2) is 18.5 Å². The van der Waals surface area contributed by atoms with E-state index in [2.05, 4.69) is 28.5 Å². The zero-order valence-electron chi connectivity index (χ0n) is 8.03. The van der Waals surface area contributed by atoms with Crippen molar-refractivity contribution in [2.75, 3.05) is 13.6 Å². The van der Waals surface area contributed by atoms with Crippen molar-refractivity contribution in [2.24, 2.45) is 5.92 Å². The molecule has 13 heavy (non-hydrogen) atoms. The molecular weight excluding hydrogens is 180 g/mol. The molecule has 0 aromatic carbocycles. The van der Waals surface area contributed by atoms with Gasteiger partial charge in [-0.05, 0) is 25.4 Å². The second kappa shape index (κ2) is 5.00. The summed E-state index contributed by atoms with van der Waals surface area (Å²) in [6.07, 6.45) is 0. The third kappa shape index (κ3) is 3.58. The molecule has 2 nitrogen and oxygen atoms in total. The third-order valence-electron chi connectivity index (χ3n) is 1.81. The van der Waals surface area contributed by atoms with Gasteiger partial charge in [0.25, 0.3) is 0 Å². The maximum absolute atomic E-state index is 8.64. The van der Waals surface area contributed by atoms with E-state index in [0.29, 0.717) is 0 Å². The highest BCUT2D eigenvalue weighted by Gasteiger charge is 2.05. The number of hydrogen-bond donors (Lipinski definition) is 0. The fourth-order valence-corrected chi connectivity index (χ4v) is 2.03. The number of nitrogens with zero attached hydrogens (tertiary/aromatic N) is 2. The van der Waals surface area contributed by atoms with Crippen LogP contribution < -0.4 is 0 Å². The molecule has 0 bridgehead atoms. The Bertz CT molecular complexity index is 274. The van der Waals surface area contributed by atoms with Gasteiger partial charge in [0, 0.05) is 18.0 Å². The van der Waals surface area contributed by atoms with Crippen molar-refractivity contribution in [3.05, 3.63) is 22.4 Å². The highest BCUT2D eigenvalue weighted by atomic mass is 32.1. The summed E-state index contributed by atoms with van der Waals surface area (Å²) >= 11 is 1.76. The van der Waals surface area contributed by atoms with Gasteiger partial charge >= 0.3 is 0 Å². The summed E-state index contributed by atoms with van der Waals surface area (Å²) < 4.78 is 0. The van der Waals surface area contributed by atoms with E-state index < -0.39 is 0 Å². The molecule has 0 fully saturated rings. The molecular formula is C10H14N2S. The van der Waals surface area contributed by atoms with Crippen LogP contribution in [0.1, 0.15) is 11.8 Å². The molecule has 1 rings (SSSR count). The summed E-state index contributed by atoms with van der Waals surface area (Å²) in [6.45, 7) is 3.74. The van der Waals surface area contributed by atoms with E-state index in [4.69, 9.17) is 5.26 Å². The Morgan fingerprint density at radius 2 is 2.46 bits per heavy atom. The molecule has 1 heterocycles. The average Bonchev–Trinajstić information content (AvgIpc) is 2.56. The minimum atomic E-state index is 0.116. The van der Waals surface area contributed by atoms with Crippen LogP contribution in [0.15, 0.2) is 17.5 Å². The van der Waals surface area contributed by atoms with E-state index in [-0.39, 0.29) is 5.92 Å². The minimum absolute atomic E-state index is 0.116. The van der Waals surface area contributed by atoms with Crippen LogP contribution in [-0.2, 0) is 6.54 Å². The third-order valence-corrected chi connectivity index (χ3v) is 2.67. The number of thiophene rings is 1. The van der Waals surface area contributed by atoms with Crippen molar-refractivity contribution < 1.29 is 0 Å². The van der Waals surface area contributed by atoms with Gasteiger partial charge < -0.3 is 4.90 Å². The largest absolute Gasteiger partial charge is 0.300 e. The minimum Gasteiger partial charge on any atom is -0.300 e. The lowest BCUT2D eigenvalue weighted by Crippen LogP contribution is -2.22. The average molecular weight is 194 g/mol. The summed E-state index contributed by atoms with van der Waals surface area (Å²) in [4.78, 5) is 3.53. The van der Waals surface area contributed by atoms with Crippen molar-refractivity contribution in [3.8, 4) is 6.07 Å². The Morgan fingerprint density at radius 3 is 3.00 bits per heavy atom. The highest BCUT2D eigenvalue weighted by molar-refractivity contribution is 7.09. The zero-order valence-corrected chi connectivity index (χ0v) is 8.84. The van der Waals surface area contributed by atoms with Crippen molar-refractivity contribution in [3.63, 3.8) is 0 Å². The molecule has 0 saturated carbocycles. The Balaban J connectivity index is 2.34. The Morgan fingerprint density at radius 1 is 1.69 bits per heavy atom. The second-order valence-corrected chi connectivity index (χ2v) is 4.34. The van der Waals surface area contributed by atoms with Crippen LogP contribution in [0.2, 0.25) is 0 Å². The van der Waals surface area contributed by atoms with E-state index in [1.807, 2.05) is 14.0 Å². The summed E-state index contributed by atoms with van der Waals surface area (Å²) in [5.41, 5.74) is 0. The van der Waals surface area contributed by atoms with Crippen molar-refractivity contribution in [1.29, 1.82) is 5.26 Å². The molecule has 0 saturated heterocycles. The van der Waals surface area contributed by atoms with E-state index >= 15 is 0 Å². The topological polar surface area (TPSA) is 27.0 Å². The molecule has 3 heteroatoms. The van der Waals surface area contributed by atoms with Gasteiger partial charge in [-0.25, -0.2) is 0 Å². The van der Waals surface area contributed by atoms with E-state index in [0.717, 1.165) is 13.1 Å². The van der Waals surface area contributed by atoms with E-state index in [1.165, 1.54) is 4.88 Å². The fraction of sp³-hybridized carbons (Fsp3) is 0.500. The lowest BCUT2D eigenvalue weighted by Gasteiger charge is -2.16. The first-order chi connectivity index (χ1) is 6.22. The van der Waals surface area contributed by atoms with Gasteiger partial charge in [0.15, 0.2) is 0 Å². The molecule has 0 amide bonds. The van der Waals surface area contributed by atoms with Gasteiger partial charge in [-0.1, -0.05) is 6.07 Å². The van der Waals surface area contributed by atoms with Crippen molar-refractivity contribution in [1.82, 2.24) is 4.90 Å². The molecule has 1 atom stereocenters. The molecule has 70 valence electrons. The molecule has 0 aliphatic rings. The number of hydrogen-bond acceptors (Lipinski definition) is 3. The van der Waals surface area contributed by atoms with Crippen LogP contribution in [0.4, 0.5) is 0 Å². The van der Waals surface area contributed by atoms with Gasteiger partial charge in [-0.15, -0.1) is 11.3 Å². The monoisotopic (exact) mass is 194 g/mol. The molecule has 0 spiro atoms. The van der Waals surface area contributed by atoms with Crippen molar-refractivity contribution >= 4 is 11.3 Å². The fourth-order valence-electron chi connectivity index (χ4n) is 1.24. The first kappa shape index (κ1) is 10.2. The smallest absolute Gasteiger partial charge is 0.0666 e. The van der Waals surface area contributed by atoms with E-state index in [9.17, 15) is 0 Å². The van der Waals surface area contributed by atoms with Crippen LogP contribution in [0.25, 0.3) is 0 Å². The summed E-state index contributed by atoms with van der Waals surface area (Å²) in [5, 5.41) is 10.7. The first-order valence-corrected chi connectivity index (χ1v) is 5.21. The lowest BCUT2D eigenvalue weighted by atomic mass is 10.2. The quantitative estimate of drug-likeness (QED) is 0.735. The molecule has 0 radical (unpaired) electrons. The predicted molar refractivity (Wildman–Crippen MR) is 55.4 cm³/mol. The van der Waals surface area contributed by atoms with Gasteiger partial charge in [0.2, 0.25) is 0 Å². The number of nitriles is 1. The maximum atomic E-state index is 8.64. The van der Waals surface area contributed by atoms with Gasteiger partial charge in [-0.3, -0.25) is 0 Å².